The summed E-state index contributed by atoms with van der Waals surface area (Å²) in [5.74, 6) is 0.743. The van der Waals surface area contributed by atoms with E-state index in [0.717, 1.165) is 31.4 Å². The van der Waals surface area contributed by atoms with E-state index in [1.54, 1.807) is 0 Å². The highest BCUT2D eigenvalue weighted by Crippen LogP contribution is 2.19. The molecule has 1 aliphatic heterocycles. The van der Waals surface area contributed by atoms with Gasteiger partial charge in [-0.2, -0.15) is 0 Å². The highest BCUT2D eigenvalue weighted by atomic mass is 16.3. The van der Waals surface area contributed by atoms with E-state index >= 15 is 0 Å². The maximum atomic E-state index is 12.5. The summed E-state index contributed by atoms with van der Waals surface area (Å²) in [6.45, 7) is 3.55. The minimum absolute atomic E-state index is 0.109. The molecule has 0 aliphatic carbocycles. The molecule has 1 amide bonds. The zero-order valence-electron chi connectivity index (χ0n) is 11.2. The van der Waals surface area contributed by atoms with Crippen LogP contribution in [0, 0.1) is 6.92 Å². The summed E-state index contributed by atoms with van der Waals surface area (Å²) in [5.41, 5.74) is 2.20. The van der Waals surface area contributed by atoms with E-state index in [0.29, 0.717) is 17.0 Å². The van der Waals surface area contributed by atoms with Gasteiger partial charge >= 0.3 is 0 Å². The molecule has 0 radical (unpaired) electrons. The number of rotatable bonds is 1. The monoisotopic (exact) mass is 258 g/mol. The lowest BCUT2D eigenvalue weighted by Gasteiger charge is -2.20. The fourth-order valence-corrected chi connectivity index (χ4v) is 2.63. The molecule has 3 rings (SSSR count). The number of nitrogens with zero attached hydrogens (tertiary/aromatic N) is 2. The van der Waals surface area contributed by atoms with Crippen LogP contribution >= 0.6 is 0 Å². The molecule has 0 saturated carbocycles. The lowest BCUT2D eigenvalue weighted by atomic mass is 10.1. The van der Waals surface area contributed by atoms with Crippen LogP contribution in [0.4, 0.5) is 0 Å². The molecule has 1 fully saturated rings. The second-order valence-corrected chi connectivity index (χ2v) is 5.12. The first-order valence-corrected chi connectivity index (χ1v) is 6.90. The number of aryl methyl sites for hydroxylation is 1. The Balaban J connectivity index is 1.87. The number of likely N-dealkylation sites (tertiary alicyclic amines) is 1. The Morgan fingerprint density at radius 1 is 1.21 bits per heavy atom. The highest BCUT2D eigenvalue weighted by Gasteiger charge is 2.18. The van der Waals surface area contributed by atoms with Crippen molar-refractivity contribution in [2.24, 2.45) is 0 Å². The van der Waals surface area contributed by atoms with E-state index in [1.807, 2.05) is 30.0 Å². The summed E-state index contributed by atoms with van der Waals surface area (Å²) in [4.78, 5) is 18.7. The number of fused-ring (bicyclic) bond motifs is 1. The molecule has 1 aromatic heterocycles. The molecule has 0 spiro atoms. The van der Waals surface area contributed by atoms with Crippen molar-refractivity contribution in [1.29, 1.82) is 0 Å². The van der Waals surface area contributed by atoms with Gasteiger partial charge in [-0.25, -0.2) is 4.98 Å². The third-order valence-corrected chi connectivity index (χ3v) is 3.64. The topological polar surface area (TPSA) is 46.3 Å². The maximum absolute atomic E-state index is 12.5. The van der Waals surface area contributed by atoms with Crippen molar-refractivity contribution >= 4 is 17.0 Å². The molecule has 0 unspecified atom stereocenters. The summed E-state index contributed by atoms with van der Waals surface area (Å²) >= 11 is 0. The Hall–Kier alpha value is -1.84. The number of oxazole rings is 1. The first kappa shape index (κ1) is 12.2. The quantitative estimate of drug-likeness (QED) is 0.789. The van der Waals surface area contributed by atoms with Gasteiger partial charge in [0.15, 0.2) is 11.5 Å². The SMILES string of the molecule is Cc1nc2ccc(C(=O)N3CCCCCC3)cc2o1. The summed E-state index contributed by atoms with van der Waals surface area (Å²) in [6.07, 6.45) is 4.67. The van der Waals surface area contributed by atoms with E-state index < -0.39 is 0 Å². The Morgan fingerprint density at radius 3 is 2.68 bits per heavy atom. The summed E-state index contributed by atoms with van der Waals surface area (Å²) < 4.78 is 5.49. The normalized spacial score (nSPS) is 16.6. The van der Waals surface area contributed by atoms with Crippen LogP contribution in [0.2, 0.25) is 0 Å². The Kier molecular flexibility index (Phi) is 3.23. The summed E-state index contributed by atoms with van der Waals surface area (Å²) in [7, 11) is 0. The Morgan fingerprint density at radius 2 is 1.95 bits per heavy atom. The van der Waals surface area contributed by atoms with E-state index in [4.69, 9.17) is 4.42 Å². The molecule has 0 N–H and O–H groups in total. The maximum Gasteiger partial charge on any atom is 0.253 e. The molecule has 4 heteroatoms. The Labute approximate surface area is 112 Å². The summed E-state index contributed by atoms with van der Waals surface area (Å²) in [5, 5.41) is 0. The van der Waals surface area contributed by atoms with Crippen LogP contribution < -0.4 is 0 Å². The van der Waals surface area contributed by atoms with Crippen molar-refractivity contribution in [3.05, 3.63) is 29.7 Å². The minimum Gasteiger partial charge on any atom is -0.441 e. The number of hydrogen-bond donors (Lipinski definition) is 0. The summed E-state index contributed by atoms with van der Waals surface area (Å²) in [6, 6.07) is 5.51. The van der Waals surface area contributed by atoms with Crippen LogP contribution in [0.15, 0.2) is 22.6 Å². The number of amides is 1. The van der Waals surface area contributed by atoms with Gasteiger partial charge in [-0.15, -0.1) is 0 Å². The minimum atomic E-state index is 0.109. The molecule has 1 saturated heterocycles. The van der Waals surface area contributed by atoms with E-state index in [1.165, 1.54) is 12.8 Å². The molecule has 100 valence electrons. The van der Waals surface area contributed by atoms with Crippen molar-refractivity contribution in [1.82, 2.24) is 9.88 Å². The zero-order valence-corrected chi connectivity index (χ0v) is 11.2. The van der Waals surface area contributed by atoms with Crippen molar-refractivity contribution < 1.29 is 9.21 Å². The fourth-order valence-electron chi connectivity index (χ4n) is 2.63. The van der Waals surface area contributed by atoms with Crippen molar-refractivity contribution in [3.63, 3.8) is 0 Å². The second-order valence-electron chi connectivity index (χ2n) is 5.12. The van der Waals surface area contributed by atoms with Crippen molar-refractivity contribution in [2.75, 3.05) is 13.1 Å². The second kappa shape index (κ2) is 5.03. The average molecular weight is 258 g/mol. The molecular weight excluding hydrogens is 240 g/mol. The van der Waals surface area contributed by atoms with Crippen molar-refractivity contribution in [3.8, 4) is 0 Å². The fraction of sp³-hybridized carbons (Fsp3) is 0.467. The van der Waals surface area contributed by atoms with Crippen LogP contribution in [-0.2, 0) is 0 Å². The van der Waals surface area contributed by atoms with E-state index in [-0.39, 0.29) is 5.91 Å². The lowest BCUT2D eigenvalue weighted by molar-refractivity contribution is 0.0761. The smallest absolute Gasteiger partial charge is 0.253 e. The molecule has 2 aromatic rings. The third-order valence-electron chi connectivity index (χ3n) is 3.64. The first-order chi connectivity index (χ1) is 9.24. The van der Waals surface area contributed by atoms with Gasteiger partial charge in [-0.1, -0.05) is 12.8 Å². The van der Waals surface area contributed by atoms with Gasteiger partial charge in [0, 0.05) is 25.6 Å². The van der Waals surface area contributed by atoms with Crippen LogP contribution in [-0.4, -0.2) is 28.9 Å². The van der Waals surface area contributed by atoms with E-state index in [9.17, 15) is 4.79 Å². The number of hydrogen-bond acceptors (Lipinski definition) is 3. The molecule has 1 aromatic carbocycles. The number of carbonyl (C=O) groups excluding carboxylic acids is 1. The first-order valence-electron chi connectivity index (χ1n) is 6.90. The lowest BCUT2D eigenvalue weighted by Crippen LogP contribution is -2.31. The predicted molar refractivity (Wildman–Crippen MR) is 73.1 cm³/mol. The molecule has 0 bridgehead atoms. The molecule has 1 aliphatic rings. The van der Waals surface area contributed by atoms with Crippen LogP contribution in [0.5, 0.6) is 0 Å². The molecule has 19 heavy (non-hydrogen) atoms. The van der Waals surface area contributed by atoms with Gasteiger partial charge in [0.1, 0.15) is 5.52 Å². The van der Waals surface area contributed by atoms with Gasteiger partial charge in [-0.05, 0) is 31.0 Å². The van der Waals surface area contributed by atoms with E-state index in [2.05, 4.69) is 4.98 Å². The predicted octanol–water partition coefficient (Wildman–Crippen LogP) is 3.15. The standard InChI is InChI=1S/C15H18N2O2/c1-11-16-13-7-6-12(10-14(13)19-11)15(18)17-8-4-2-3-5-9-17/h6-7,10H,2-5,8-9H2,1H3. The van der Waals surface area contributed by atoms with Crippen molar-refractivity contribution in [2.45, 2.75) is 32.6 Å². The number of benzene rings is 1. The van der Waals surface area contributed by atoms with Crippen LogP contribution in [0.1, 0.15) is 41.9 Å². The largest absolute Gasteiger partial charge is 0.441 e. The van der Waals surface area contributed by atoms with Crippen LogP contribution in [0.25, 0.3) is 11.1 Å². The Bertz CT molecular complexity index is 595. The molecule has 0 atom stereocenters. The average Bonchev–Trinajstić information content (AvgIpc) is 2.63. The zero-order chi connectivity index (χ0) is 13.2. The highest BCUT2D eigenvalue weighted by molar-refractivity contribution is 5.97. The van der Waals surface area contributed by atoms with Crippen LogP contribution in [0.3, 0.4) is 0 Å². The number of carbonyl (C=O) groups is 1. The third kappa shape index (κ3) is 2.48. The van der Waals surface area contributed by atoms with Gasteiger partial charge < -0.3 is 9.32 Å². The van der Waals surface area contributed by atoms with Gasteiger partial charge in [0.25, 0.3) is 5.91 Å². The number of aromatic nitrogens is 1. The van der Waals surface area contributed by atoms with Gasteiger partial charge in [-0.3, -0.25) is 4.79 Å². The van der Waals surface area contributed by atoms with Gasteiger partial charge in [0.05, 0.1) is 0 Å². The molecule has 4 nitrogen and oxygen atoms in total. The van der Waals surface area contributed by atoms with Gasteiger partial charge in [0.2, 0.25) is 0 Å². The molecule has 2 heterocycles. The molecular formula is C15H18N2O2.